The van der Waals surface area contributed by atoms with Gasteiger partial charge in [0.25, 0.3) is 5.91 Å². The Balaban J connectivity index is 2.22. The van der Waals surface area contributed by atoms with Crippen molar-refractivity contribution >= 4 is 25.8 Å². The zero-order valence-corrected chi connectivity index (χ0v) is 17.5. The number of piperidine rings is 1. The van der Waals surface area contributed by atoms with E-state index in [1.165, 1.54) is 12.1 Å². The second-order valence-electron chi connectivity index (χ2n) is 8.33. The van der Waals surface area contributed by atoms with Crippen molar-refractivity contribution in [3.8, 4) is 0 Å². The van der Waals surface area contributed by atoms with Crippen molar-refractivity contribution in [2.45, 2.75) is 63.9 Å². The SMILES string of the molecule is CC(C)(C)[Si](C)(C)OC1CN(Cc2ccc(F)cc2Cl)C(=O)C(F)(F)C1. The molecule has 1 aromatic carbocycles. The summed E-state index contributed by atoms with van der Waals surface area (Å²) in [6.07, 6.45) is -1.37. The van der Waals surface area contributed by atoms with E-state index >= 15 is 0 Å². The van der Waals surface area contributed by atoms with Gasteiger partial charge in [0.1, 0.15) is 5.82 Å². The third-order valence-electron chi connectivity index (χ3n) is 5.15. The number of halogens is 4. The third-order valence-corrected chi connectivity index (χ3v) is 10.0. The Morgan fingerprint density at radius 1 is 1.35 bits per heavy atom. The molecule has 1 aliphatic rings. The van der Waals surface area contributed by atoms with Gasteiger partial charge in [0.15, 0.2) is 8.32 Å². The molecule has 0 bridgehead atoms. The van der Waals surface area contributed by atoms with Gasteiger partial charge in [-0.25, -0.2) is 4.39 Å². The summed E-state index contributed by atoms with van der Waals surface area (Å²) in [5, 5.41) is -0.0250. The molecule has 3 nitrogen and oxygen atoms in total. The standard InChI is InChI=1S/C18H25ClF3NO2Si/c1-17(2,3)26(4,5)25-14-9-18(21,22)16(24)23(11-14)10-12-6-7-13(20)8-15(12)19/h6-8,14H,9-11H2,1-5H3. The fourth-order valence-corrected chi connectivity index (χ4v) is 4.23. The lowest BCUT2D eigenvalue weighted by Crippen LogP contribution is -2.57. The molecule has 146 valence electrons. The Kier molecular flexibility index (Phi) is 5.86. The predicted octanol–water partition coefficient (Wildman–Crippen LogP) is 5.24. The molecule has 0 saturated carbocycles. The van der Waals surface area contributed by atoms with Crippen LogP contribution in [-0.2, 0) is 15.8 Å². The molecule has 0 aromatic heterocycles. The van der Waals surface area contributed by atoms with Crippen molar-refractivity contribution in [3.63, 3.8) is 0 Å². The molecule has 1 saturated heterocycles. The first-order chi connectivity index (χ1) is 11.7. The Morgan fingerprint density at radius 3 is 2.50 bits per heavy atom. The van der Waals surface area contributed by atoms with Gasteiger partial charge in [0, 0.05) is 24.5 Å². The number of carbonyl (C=O) groups excluding carboxylic acids is 1. The number of rotatable bonds is 4. The van der Waals surface area contributed by atoms with Crippen molar-refractivity contribution in [3.05, 3.63) is 34.6 Å². The minimum absolute atomic E-state index is 0.0641. The molecule has 2 rings (SSSR count). The van der Waals surface area contributed by atoms with E-state index in [0.717, 1.165) is 11.0 Å². The number of likely N-dealkylation sites (tertiary alicyclic amines) is 1. The maximum atomic E-state index is 14.3. The fourth-order valence-electron chi connectivity index (χ4n) is 2.66. The molecule has 1 fully saturated rings. The quantitative estimate of drug-likeness (QED) is 0.639. The number of hydrogen-bond acceptors (Lipinski definition) is 2. The van der Waals surface area contributed by atoms with Gasteiger partial charge in [-0.2, -0.15) is 8.78 Å². The van der Waals surface area contributed by atoms with Gasteiger partial charge >= 0.3 is 5.92 Å². The highest BCUT2D eigenvalue weighted by atomic mass is 35.5. The normalized spacial score (nSPS) is 21.2. The number of alkyl halides is 2. The van der Waals surface area contributed by atoms with Gasteiger partial charge in [0.05, 0.1) is 6.10 Å². The summed E-state index contributed by atoms with van der Waals surface area (Å²) in [4.78, 5) is 13.2. The molecule has 1 amide bonds. The average molecular weight is 408 g/mol. The highest BCUT2D eigenvalue weighted by Crippen LogP contribution is 2.40. The van der Waals surface area contributed by atoms with Crippen molar-refractivity contribution in [2.24, 2.45) is 0 Å². The summed E-state index contributed by atoms with van der Waals surface area (Å²) in [5.74, 6) is -5.25. The molecule has 1 unspecified atom stereocenters. The Labute approximate surface area is 158 Å². The third kappa shape index (κ3) is 4.61. The molecular weight excluding hydrogens is 383 g/mol. The number of carbonyl (C=O) groups is 1. The zero-order chi connectivity index (χ0) is 19.9. The average Bonchev–Trinajstić information content (AvgIpc) is 2.45. The second-order valence-corrected chi connectivity index (χ2v) is 13.5. The number of hydrogen-bond donors (Lipinski definition) is 0. The molecule has 26 heavy (non-hydrogen) atoms. The molecule has 1 aromatic rings. The van der Waals surface area contributed by atoms with E-state index in [-0.39, 0.29) is 23.2 Å². The van der Waals surface area contributed by atoms with Gasteiger partial charge in [0.2, 0.25) is 0 Å². The van der Waals surface area contributed by atoms with Crippen LogP contribution in [0.5, 0.6) is 0 Å². The maximum Gasteiger partial charge on any atom is 0.327 e. The minimum Gasteiger partial charge on any atom is -0.412 e. The van der Waals surface area contributed by atoms with Gasteiger partial charge in [-0.1, -0.05) is 38.4 Å². The topological polar surface area (TPSA) is 29.5 Å². The van der Waals surface area contributed by atoms with Crippen LogP contribution in [0.3, 0.4) is 0 Å². The Morgan fingerprint density at radius 2 is 1.96 bits per heavy atom. The largest absolute Gasteiger partial charge is 0.412 e. The molecule has 0 N–H and O–H groups in total. The fraction of sp³-hybridized carbons (Fsp3) is 0.611. The van der Waals surface area contributed by atoms with Crippen LogP contribution < -0.4 is 0 Å². The van der Waals surface area contributed by atoms with Crippen molar-refractivity contribution < 1.29 is 22.4 Å². The molecule has 1 heterocycles. The first kappa shape index (κ1) is 21.2. The zero-order valence-electron chi connectivity index (χ0n) is 15.7. The summed E-state index contributed by atoms with van der Waals surface area (Å²) in [5.41, 5.74) is 0.421. The van der Waals surface area contributed by atoms with Crippen LogP contribution in [0, 0.1) is 5.82 Å². The molecule has 1 atom stereocenters. The van der Waals surface area contributed by atoms with Gasteiger partial charge in [-0.15, -0.1) is 0 Å². The highest BCUT2D eigenvalue weighted by Gasteiger charge is 2.51. The summed E-state index contributed by atoms with van der Waals surface area (Å²) in [6.45, 7) is 10.0. The van der Waals surface area contributed by atoms with Crippen LogP contribution in [0.2, 0.25) is 23.2 Å². The molecule has 0 aliphatic carbocycles. The Hall–Kier alpha value is -1.05. The summed E-state index contributed by atoms with van der Waals surface area (Å²) in [7, 11) is -2.26. The first-order valence-electron chi connectivity index (χ1n) is 8.52. The van der Waals surface area contributed by atoms with Crippen LogP contribution in [0.25, 0.3) is 0 Å². The van der Waals surface area contributed by atoms with Crippen LogP contribution >= 0.6 is 11.6 Å². The van der Waals surface area contributed by atoms with Crippen molar-refractivity contribution in [1.82, 2.24) is 4.90 Å². The van der Waals surface area contributed by atoms with Gasteiger partial charge < -0.3 is 9.33 Å². The van der Waals surface area contributed by atoms with E-state index < -0.39 is 38.5 Å². The second kappa shape index (κ2) is 7.17. The van der Waals surface area contributed by atoms with E-state index in [1.54, 1.807) is 0 Å². The van der Waals surface area contributed by atoms with Crippen molar-refractivity contribution in [2.75, 3.05) is 6.54 Å². The summed E-state index contributed by atoms with van der Waals surface area (Å²) >= 11 is 5.98. The number of benzene rings is 1. The monoisotopic (exact) mass is 407 g/mol. The Bertz CT molecular complexity index is 692. The van der Waals surface area contributed by atoms with Gasteiger partial charge in [-0.05, 0) is 35.8 Å². The van der Waals surface area contributed by atoms with E-state index in [9.17, 15) is 18.0 Å². The number of amides is 1. The van der Waals surface area contributed by atoms with Crippen LogP contribution in [0.15, 0.2) is 18.2 Å². The van der Waals surface area contributed by atoms with E-state index in [0.29, 0.717) is 5.56 Å². The lowest BCUT2D eigenvalue weighted by atomic mass is 10.0. The minimum atomic E-state index is -3.49. The van der Waals surface area contributed by atoms with Crippen LogP contribution in [-0.4, -0.2) is 37.7 Å². The number of nitrogens with zero attached hydrogens (tertiary/aromatic N) is 1. The molecular formula is C18H25ClF3NO2Si. The first-order valence-corrected chi connectivity index (χ1v) is 11.8. The molecule has 0 radical (unpaired) electrons. The highest BCUT2D eigenvalue weighted by molar-refractivity contribution is 6.74. The lowest BCUT2D eigenvalue weighted by Gasteiger charge is -2.43. The summed E-state index contributed by atoms with van der Waals surface area (Å²) < 4.78 is 47.9. The molecule has 1 aliphatic heterocycles. The van der Waals surface area contributed by atoms with Gasteiger partial charge in [-0.3, -0.25) is 4.79 Å². The van der Waals surface area contributed by atoms with E-state index in [4.69, 9.17) is 16.0 Å². The molecule has 0 spiro atoms. The lowest BCUT2D eigenvalue weighted by molar-refractivity contribution is -0.172. The van der Waals surface area contributed by atoms with E-state index in [1.807, 2.05) is 33.9 Å². The maximum absolute atomic E-state index is 14.3. The molecule has 8 heteroatoms. The van der Waals surface area contributed by atoms with Crippen LogP contribution in [0.4, 0.5) is 13.2 Å². The predicted molar refractivity (Wildman–Crippen MR) is 98.5 cm³/mol. The summed E-state index contributed by atoms with van der Waals surface area (Å²) in [6, 6.07) is 3.70. The van der Waals surface area contributed by atoms with E-state index in [2.05, 4.69) is 0 Å². The van der Waals surface area contributed by atoms with Crippen molar-refractivity contribution in [1.29, 1.82) is 0 Å². The smallest absolute Gasteiger partial charge is 0.327 e. The van der Waals surface area contributed by atoms with Crippen LogP contribution in [0.1, 0.15) is 32.8 Å².